The van der Waals surface area contributed by atoms with Crippen LogP contribution in [-0.4, -0.2) is 23.5 Å². The predicted octanol–water partition coefficient (Wildman–Crippen LogP) is 3.33. The number of thiophene rings is 1. The first-order chi connectivity index (χ1) is 10.2. The summed E-state index contributed by atoms with van der Waals surface area (Å²) in [5, 5.41) is 8.35. The smallest absolute Gasteiger partial charge is 0.253 e. The van der Waals surface area contributed by atoms with Gasteiger partial charge in [0.05, 0.1) is 17.4 Å². The van der Waals surface area contributed by atoms with Crippen LogP contribution in [0.2, 0.25) is 0 Å². The van der Waals surface area contributed by atoms with E-state index in [1.165, 1.54) is 4.88 Å². The molecular formula is C16H21N3OS. The van der Waals surface area contributed by atoms with E-state index in [0.29, 0.717) is 5.56 Å². The highest BCUT2D eigenvalue weighted by Crippen LogP contribution is 2.15. The summed E-state index contributed by atoms with van der Waals surface area (Å²) in [5.41, 5.74) is 1.44. The van der Waals surface area contributed by atoms with Gasteiger partial charge in [0.25, 0.3) is 5.91 Å². The summed E-state index contributed by atoms with van der Waals surface area (Å²) < 4.78 is 0. The highest BCUT2D eigenvalue weighted by atomic mass is 32.1. The first-order valence-corrected chi connectivity index (χ1v) is 8.09. The van der Waals surface area contributed by atoms with E-state index in [-0.39, 0.29) is 11.9 Å². The molecule has 2 aromatic rings. The zero-order valence-electron chi connectivity index (χ0n) is 12.4. The average molecular weight is 303 g/mol. The molecule has 0 aliphatic heterocycles. The third-order valence-electron chi connectivity index (χ3n) is 3.10. The molecule has 0 aromatic carbocycles. The third kappa shape index (κ3) is 4.56. The van der Waals surface area contributed by atoms with E-state index in [0.717, 1.165) is 25.1 Å². The molecule has 0 saturated carbocycles. The van der Waals surface area contributed by atoms with Crippen LogP contribution in [0, 0.1) is 0 Å². The van der Waals surface area contributed by atoms with Crippen molar-refractivity contribution in [2.45, 2.75) is 32.7 Å². The van der Waals surface area contributed by atoms with E-state index in [1.54, 1.807) is 29.8 Å². The number of aromatic nitrogens is 1. The minimum atomic E-state index is -0.0555. The van der Waals surface area contributed by atoms with Crippen molar-refractivity contribution in [2.24, 2.45) is 0 Å². The predicted molar refractivity (Wildman–Crippen MR) is 88.0 cm³/mol. The van der Waals surface area contributed by atoms with E-state index in [1.807, 2.05) is 13.0 Å². The van der Waals surface area contributed by atoms with Gasteiger partial charge in [0.15, 0.2) is 0 Å². The van der Waals surface area contributed by atoms with Crippen LogP contribution in [0.1, 0.15) is 35.5 Å². The summed E-state index contributed by atoms with van der Waals surface area (Å²) in [6.45, 7) is 4.95. The third-order valence-corrected chi connectivity index (χ3v) is 3.99. The van der Waals surface area contributed by atoms with Crippen LogP contribution in [0.25, 0.3) is 0 Å². The number of nitrogens with one attached hydrogen (secondary N) is 2. The summed E-state index contributed by atoms with van der Waals surface area (Å²) in [6.07, 6.45) is 5.21. The minimum absolute atomic E-state index is 0.0555. The molecule has 0 spiro atoms. The number of carbonyl (C=O) groups excluding carboxylic acids is 1. The Bertz CT molecular complexity index is 569. The molecule has 0 saturated heterocycles. The fourth-order valence-corrected chi connectivity index (χ4v) is 2.91. The molecule has 2 heterocycles. The quantitative estimate of drug-likeness (QED) is 0.825. The van der Waals surface area contributed by atoms with Crippen molar-refractivity contribution in [3.8, 4) is 0 Å². The maximum absolute atomic E-state index is 12.4. The molecule has 0 radical (unpaired) electrons. The number of carbonyl (C=O) groups is 1. The number of amides is 1. The van der Waals surface area contributed by atoms with Gasteiger partial charge in [0.1, 0.15) is 0 Å². The lowest BCUT2D eigenvalue weighted by Crippen LogP contribution is -2.34. The summed E-state index contributed by atoms with van der Waals surface area (Å²) in [6, 6.07) is 5.98. The van der Waals surface area contributed by atoms with Gasteiger partial charge in [-0.3, -0.25) is 9.78 Å². The average Bonchev–Trinajstić information content (AvgIpc) is 2.98. The van der Waals surface area contributed by atoms with Crippen molar-refractivity contribution in [3.63, 3.8) is 0 Å². The Morgan fingerprint density at radius 2 is 2.29 bits per heavy atom. The number of anilines is 1. The van der Waals surface area contributed by atoms with Crippen molar-refractivity contribution in [2.75, 3.05) is 11.9 Å². The first-order valence-electron chi connectivity index (χ1n) is 7.21. The molecular weight excluding hydrogens is 282 g/mol. The van der Waals surface area contributed by atoms with Gasteiger partial charge in [0, 0.05) is 30.1 Å². The monoisotopic (exact) mass is 303 g/mol. The van der Waals surface area contributed by atoms with E-state index in [4.69, 9.17) is 0 Å². The van der Waals surface area contributed by atoms with Crippen LogP contribution in [0.3, 0.4) is 0 Å². The fraction of sp³-hybridized carbons (Fsp3) is 0.375. The lowest BCUT2D eigenvalue weighted by Gasteiger charge is -2.15. The molecule has 2 rings (SSSR count). The van der Waals surface area contributed by atoms with Crippen LogP contribution < -0.4 is 10.6 Å². The van der Waals surface area contributed by atoms with Crippen LogP contribution in [0.5, 0.6) is 0 Å². The molecule has 5 heteroatoms. The lowest BCUT2D eigenvalue weighted by molar-refractivity contribution is 0.0941. The van der Waals surface area contributed by atoms with Crippen molar-refractivity contribution in [1.29, 1.82) is 0 Å². The zero-order valence-corrected chi connectivity index (χ0v) is 13.2. The minimum Gasteiger partial charge on any atom is -0.383 e. The molecule has 2 N–H and O–H groups in total. The van der Waals surface area contributed by atoms with Gasteiger partial charge >= 0.3 is 0 Å². The largest absolute Gasteiger partial charge is 0.383 e. The molecule has 0 aliphatic carbocycles. The second-order valence-corrected chi connectivity index (χ2v) is 6.04. The van der Waals surface area contributed by atoms with Gasteiger partial charge in [-0.05, 0) is 30.9 Å². The Balaban J connectivity index is 1.99. The van der Waals surface area contributed by atoms with Gasteiger partial charge in [-0.2, -0.15) is 0 Å². The van der Waals surface area contributed by atoms with Gasteiger partial charge < -0.3 is 10.6 Å². The van der Waals surface area contributed by atoms with E-state index >= 15 is 0 Å². The highest BCUT2D eigenvalue weighted by molar-refractivity contribution is 7.09. The number of hydrogen-bond donors (Lipinski definition) is 2. The lowest BCUT2D eigenvalue weighted by atomic mass is 10.1. The maximum atomic E-state index is 12.4. The summed E-state index contributed by atoms with van der Waals surface area (Å²) in [5.74, 6) is -0.0555. The molecule has 2 aromatic heterocycles. The number of pyridine rings is 1. The van der Waals surface area contributed by atoms with Crippen LogP contribution in [0.4, 0.5) is 5.69 Å². The van der Waals surface area contributed by atoms with Crippen LogP contribution in [-0.2, 0) is 6.42 Å². The second kappa shape index (κ2) is 7.78. The normalized spacial score (nSPS) is 11.9. The van der Waals surface area contributed by atoms with Crippen molar-refractivity contribution in [3.05, 3.63) is 46.4 Å². The topological polar surface area (TPSA) is 54.0 Å². The first kappa shape index (κ1) is 15.5. The number of rotatable bonds is 7. The van der Waals surface area contributed by atoms with E-state index in [2.05, 4.69) is 34.0 Å². The summed E-state index contributed by atoms with van der Waals surface area (Å²) >= 11 is 1.71. The molecule has 0 fully saturated rings. The Kier molecular flexibility index (Phi) is 5.75. The van der Waals surface area contributed by atoms with Crippen molar-refractivity contribution < 1.29 is 4.79 Å². The Morgan fingerprint density at radius 1 is 1.43 bits per heavy atom. The number of hydrogen-bond acceptors (Lipinski definition) is 4. The Labute approximate surface area is 129 Å². The molecule has 21 heavy (non-hydrogen) atoms. The van der Waals surface area contributed by atoms with E-state index in [9.17, 15) is 4.79 Å². The molecule has 0 bridgehead atoms. The SMILES string of the molecule is CCCNc1cnccc1C(=O)NC(C)Cc1cccs1. The van der Waals surface area contributed by atoms with Crippen molar-refractivity contribution >= 4 is 22.9 Å². The Hall–Kier alpha value is -1.88. The summed E-state index contributed by atoms with van der Waals surface area (Å²) in [7, 11) is 0. The fourth-order valence-electron chi connectivity index (χ4n) is 2.08. The van der Waals surface area contributed by atoms with Gasteiger partial charge in [-0.1, -0.05) is 13.0 Å². The standard InChI is InChI=1S/C16H21N3OS/c1-3-7-18-15-11-17-8-6-14(15)16(20)19-12(2)10-13-5-4-9-21-13/h4-6,8-9,11-12,18H,3,7,10H2,1-2H3,(H,19,20). The zero-order chi connectivity index (χ0) is 15.1. The van der Waals surface area contributed by atoms with Crippen molar-refractivity contribution in [1.82, 2.24) is 10.3 Å². The highest BCUT2D eigenvalue weighted by Gasteiger charge is 2.14. The molecule has 1 amide bonds. The Morgan fingerprint density at radius 3 is 3.00 bits per heavy atom. The molecule has 0 aliphatic rings. The number of nitrogens with zero attached hydrogens (tertiary/aromatic N) is 1. The van der Waals surface area contributed by atoms with Gasteiger partial charge in [0.2, 0.25) is 0 Å². The second-order valence-electron chi connectivity index (χ2n) is 5.01. The summed E-state index contributed by atoms with van der Waals surface area (Å²) in [4.78, 5) is 17.8. The van der Waals surface area contributed by atoms with Crippen LogP contribution in [0.15, 0.2) is 36.0 Å². The van der Waals surface area contributed by atoms with E-state index < -0.39 is 0 Å². The van der Waals surface area contributed by atoms with Gasteiger partial charge in [-0.15, -0.1) is 11.3 Å². The molecule has 1 atom stereocenters. The molecule has 1 unspecified atom stereocenters. The van der Waals surface area contributed by atoms with Gasteiger partial charge in [-0.25, -0.2) is 0 Å². The maximum Gasteiger partial charge on any atom is 0.253 e. The molecule has 4 nitrogen and oxygen atoms in total. The van der Waals surface area contributed by atoms with Crippen LogP contribution >= 0.6 is 11.3 Å². The molecule has 112 valence electrons.